The molecule has 0 aliphatic heterocycles. The largest absolute Gasteiger partial charge is 0.462 e. The van der Waals surface area contributed by atoms with Crippen LogP contribution in [0.15, 0.2) is 12.2 Å². The first-order chi connectivity index (χ1) is 9.63. The molecule has 0 fully saturated rings. The number of hydrogen-bond acceptors (Lipinski definition) is 6. The highest BCUT2D eigenvalue weighted by Gasteiger charge is 2.18. The lowest BCUT2D eigenvalue weighted by Gasteiger charge is -2.07. The topological polar surface area (TPSA) is 93.1 Å². The van der Waals surface area contributed by atoms with Crippen molar-refractivity contribution in [2.75, 3.05) is 26.4 Å². The van der Waals surface area contributed by atoms with Gasteiger partial charge in [0.1, 0.15) is 5.57 Å². The Morgan fingerprint density at radius 1 is 0.750 bits per heavy atom. The monoisotopic (exact) mass is 288 g/mol. The number of carbonyl (C=O) groups excluding carboxylic acids is 2. The Labute approximate surface area is 119 Å². The number of rotatable bonds is 12. The zero-order valence-corrected chi connectivity index (χ0v) is 11.8. The molecule has 2 N–H and O–H groups in total. The van der Waals surface area contributed by atoms with Gasteiger partial charge < -0.3 is 19.7 Å². The van der Waals surface area contributed by atoms with E-state index in [2.05, 4.69) is 6.58 Å². The average molecular weight is 288 g/mol. The molecule has 0 atom stereocenters. The second-order valence-electron chi connectivity index (χ2n) is 4.32. The molecule has 0 spiro atoms. The molecule has 0 amide bonds. The molecule has 0 radical (unpaired) electrons. The van der Waals surface area contributed by atoms with Crippen molar-refractivity contribution in [2.45, 2.75) is 38.5 Å². The van der Waals surface area contributed by atoms with Crippen molar-refractivity contribution in [1.82, 2.24) is 0 Å². The summed E-state index contributed by atoms with van der Waals surface area (Å²) in [5, 5.41) is 17.2. The summed E-state index contributed by atoms with van der Waals surface area (Å²) in [7, 11) is 0. The van der Waals surface area contributed by atoms with Gasteiger partial charge in [-0.1, -0.05) is 6.58 Å². The highest BCUT2D eigenvalue weighted by molar-refractivity contribution is 6.13. The summed E-state index contributed by atoms with van der Waals surface area (Å²) >= 11 is 0. The number of esters is 2. The van der Waals surface area contributed by atoms with Crippen molar-refractivity contribution in [1.29, 1.82) is 0 Å². The molecular weight excluding hydrogens is 264 g/mol. The third-order valence-electron chi connectivity index (χ3n) is 2.56. The van der Waals surface area contributed by atoms with Crippen molar-refractivity contribution in [3.63, 3.8) is 0 Å². The zero-order valence-electron chi connectivity index (χ0n) is 11.8. The molecule has 0 aromatic carbocycles. The molecule has 0 unspecified atom stereocenters. The lowest BCUT2D eigenvalue weighted by Crippen LogP contribution is -2.18. The van der Waals surface area contributed by atoms with Gasteiger partial charge in [0.15, 0.2) is 0 Å². The molecule has 0 aliphatic rings. The van der Waals surface area contributed by atoms with Gasteiger partial charge in [-0.3, -0.25) is 0 Å². The Balaban J connectivity index is 3.70. The molecule has 6 nitrogen and oxygen atoms in total. The minimum atomic E-state index is -0.769. The first-order valence-corrected chi connectivity index (χ1v) is 6.88. The van der Waals surface area contributed by atoms with Crippen LogP contribution in [0.5, 0.6) is 0 Å². The number of unbranched alkanes of at least 4 members (excludes halogenated alkanes) is 4. The van der Waals surface area contributed by atoms with Gasteiger partial charge in [-0.2, -0.15) is 0 Å². The summed E-state index contributed by atoms with van der Waals surface area (Å²) < 4.78 is 9.72. The fourth-order valence-corrected chi connectivity index (χ4v) is 1.37. The quantitative estimate of drug-likeness (QED) is 0.183. The van der Waals surface area contributed by atoms with Crippen LogP contribution in [0.25, 0.3) is 0 Å². The van der Waals surface area contributed by atoms with E-state index < -0.39 is 11.9 Å². The van der Waals surface area contributed by atoms with E-state index in [1.54, 1.807) is 0 Å². The Kier molecular flexibility index (Phi) is 11.7. The van der Waals surface area contributed by atoms with Crippen LogP contribution in [0.1, 0.15) is 38.5 Å². The van der Waals surface area contributed by atoms with Crippen molar-refractivity contribution in [2.24, 2.45) is 0 Å². The number of aliphatic hydroxyl groups is 2. The number of aliphatic hydroxyl groups excluding tert-OH is 2. The normalized spacial score (nSPS) is 10.1. The van der Waals surface area contributed by atoms with Gasteiger partial charge in [-0.15, -0.1) is 0 Å². The average Bonchev–Trinajstić information content (AvgIpc) is 2.45. The van der Waals surface area contributed by atoms with Crippen molar-refractivity contribution >= 4 is 11.9 Å². The predicted octanol–water partition coefficient (Wildman–Crippen LogP) is 0.954. The van der Waals surface area contributed by atoms with E-state index >= 15 is 0 Å². The van der Waals surface area contributed by atoms with Crippen LogP contribution >= 0.6 is 0 Å². The van der Waals surface area contributed by atoms with Crippen LogP contribution in [0.4, 0.5) is 0 Å². The lowest BCUT2D eigenvalue weighted by atomic mass is 10.2. The standard InChI is InChI=1S/C14H24O6/c1-12(13(17)19-10-6-2-4-8-15)14(18)20-11-7-3-5-9-16/h15-16H,1-11H2. The zero-order chi connectivity index (χ0) is 15.2. The second kappa shape index (κ2) is 12.6. The minimum absolute atomic E-state index is 0.114. The van der Waals surface area contributed by atoms with Crippen LogP contribution in [-0.4, -0.2) is 48.6 Å². The fraction of sp³-hybridized carbons (Fsp3) is 0.714. The van der Waals surface area contributed by atoms with Crippen LogP contribution in [0, 0.1) is 0 Å². The van der Waals surface area contributed by atoms with E-state index in [0.717, 1.165) is 12.8 Å². The number of hydrogen-bond donors (Lipinski definition) is 2. The maximum atomic E-state index is 11.4. The molecule has 0 aromatic heterocycles. The van der Waals surface area contributed by atoms with E-state index in [9.17, 15) is 9.59 Å². The van der Waals surface area contributed by atoms with E-state index in [4.69, 9.17) is 19.7 Å². The van der Waals surface area contributed by atoms with Gasteiger partial charge in [0.2, 0.25) is 0 Å². The maximum absolute atomic E-state index is 11.4. The van der Waals surface area contributed by atoms with Gasteiger partial charge in [0.25, 0.3) is 0 Å². The van der Waals surface area contributed by atoms with E-state index in [1.165, 1.54) is 0 Å². The predicted molar refractivity (Wildman–Crippen MR) is 72.9 cm³/mol. The Bertz CT molecular complexity index is 272. The molecule has 20 heavy (non-hydrogen) atoms. The summed E-state index contributed by atoms with van der Waals surface area (Å²) in [5.41, 5.74) is -0.311. The van der Waals surface area contributed by atoms with Gasteiger partial charge in [0, 0.05) is 13.2 Å². The molecule has 116 valence electrons. The van der Waals surface area contributed by atoms with Crippen molar-refractivity contribution < 1.29 is 29.3 Å². The molecule has 0 aliphatic carbocycles. The number of carbonyl (C=O) groups is 2. The molecule has 0 saturated heterocycles. The minimum Gasteiger partial charge on any atom is -0.462 e. The lowest BCUT2D eigenvalue weighted by molar-refractivity contribution is -0.147. The Morgan fingerprint density at radius 2 is 1.15 bits per heavy atom. The van der Waals surface area contributed by atoms with E-state index in [1.807, 2.05) is 0 Å². The fourth-order valence-electron chi connectivity index (χ4n) is 1.37. The van der Waals surface area contributed by atoms with Crippen LogP contribution in [0.3, 0.4) is 0 Å². The summed E-state index contributed by atoms with van der Waals surface area (Å²) in [4.78, 5) is 22.9. The first-order valence-electron chi connectivity index (χ1n) is 6.88. The van der Waals surface area contributed by atoms with Gasteiger partial charge in [0.05, 0.1) is 13.2 Å². The number of ether oxygens (including phenoxy) is 2. The smallest absolute Gasteiger partial charge is 0.344 e. The maximum Gasteiger partial charge on any atom is 0.344 e. The molecule has 0 bridgehead atoms. The summed E-state index contributed by atoms with van der Waals surface area (Å²) in [6, 6.07) is 0. The molecule has 0 saturated carbocycles. The van der Waals surface area contributed by atoms with E-state index in [0.29, 0.717) is 25.7 Å². The highest BCUT2D eigenvalue weighted by atomic mass is 16.6. The Morgan fingerprint density at radius 3 is 1.50 bits per heavy atom. The molecule has 6 heteroatoms. The van der Waals surface area contributed by atoms with Crippen molar-refractivity contribution in [3.05, 3.63) is 12.2 Å². The van der Waals surface area contributed by atoms with Gasteiger partial charge >= 0.3 is 11.9 Å². The molecule has 0 heterocycles. The van der Waals surface area contributed by atoms with Gasteiger partial charge in [-0.25, -0.2) is 9.59 Å². The van der Waals surface area contributed by atoms with Crippen LogP contribution in [0.2, 0.25) is 0 Å². The molecule has 0 rings (SSSR count). The van der Waals surface area contributed by atoms with Crippen molar-refractivity contribution in [3.8, 4) is 0 Å². The van der Waals surface area contributed by atoms with Crippen LogP contribution in [-0.2, 0) is 19.1 Å². The van der Waals surface area contributed by atoms with Crippen LogP contribution < -0.4 is 0 Å². The Hall–Kier alpha value is -1.40. The summed E-state index contributed by atoms with van der Waals surface area (Å²) in [5.74, 6) is -1.54. The molecular formula is C14H24O6. The van der Waals surface area contributed by atoms with Gasteiger partial charge in [-0.05, 0) is 38.5 Å². The highest BCUT2D eigenvalue weighted by Crippen LogP contribution is 2.03. The first kappa shape index (κ1) is 18.6. The third-order valence-corrected chi connectivity index (χ3v) is 2.56. The summed E-state index contributed by atoms with van der Waals surface area (Å²) in [6.45, 7) is 3.98. The summed E-state index contributed by atoms with van der Waals surface area (Å²) in [6.07, 6.45) is 4.10. The SMILES string of the molecule is C=C(C(=O)OCCCCCO)C(=O)OCCCCCO. The molecule has 0 aromatic rings. The van der Waals surface area contributed by atoms with E-state index in [-0.39, 0.29) is 32.0 Å². The second-order valence-corrected chi connectivity index (χ2v) is 4.32. The third kappa shape index (κ3) is 9.52.